The Morgan fingerprint density at radius 1 is 0.656 bits per heavy atom. The van der Waals surface area contributed by atoms with Crippen LogP contribution in [0.25, 0.3) is 11.1 Å². The van der Waals surface area contributed by atoms with E-state index in [9.17, 15) is 13.2 Å². The number of rotatable bonds is 6. The Bertz CT molecular complexity index is 1320. The number of amides is 1. The molecule has 5 nitrogen and oxygen atoms in total. The van der Waals surface area contributed by atoms with Crippen molar-refractivity contribution < 1.29 is 13.2 Å². The summed E-state index contributed by atoms with van der Waals surface area (Å²) in [5.74, 6) is -0.278. The summed E-state index contributed by atoms with van der Waals surface area (Å²) in [5.41, 5.74) is 3.50. The van der Waals surface area contributed by atoms with Crippen LogP contribution in [0.5, 0.6) is 0 Å². The molecule has 0 atom stereocenters. The van der Waals surface area contributed by atoms with Gasteiger partial charge in [0.25, 0.3) is 15.9 Å². The molecule has 0 fully saturated rings. The maximum Gasteiger partial charge on any atom is 0.261 e. The highest BCUT2D eigenvalue weighted by Crippen LogP contribution is 2.22. The number of carbonyl (C=O) groups is 1. The first kappa shape index (κ1) is 21.6. The first-order valence-electron chi connectivity index (χ1n) is 9.76. The molecule has 0 aliphatic rings. The molecule has 2 N–H and O–H groups in total. The van der Waals surface area contributed by atoms with Gasteiger partial charge in [-0.15, -0.1) is 0 Å². The van der Waals surface area contributed by atoms with Gasteiger partial charge in [-0.3, -0.25) is 9.52 Å². The van der Waals surface area contributed by atoms with Crippen molar-refractivity contribution in [3.8, 4) is 11.1 Å². The second-order valence-corrected chi connectivity index (χ2v) is 9.15. The molecule has 0 heterocycles. The molecule has 0 aromatic heterocycles. The Hall–Kier alpha value is -3.61. The minimum Gasteiger partial charge on any atom is -0.322 e. The number of carbonyl (C=O) groups excluding carboxylic acids is 1. The lowest BCUT2D eigenvalue weighted by Gasteiger charge is -2.10. The van der Waals surface area contributed by atoms with Gasteiger partial charge in [-0.25, -0.2) is 8.42 Å². The van der Waals surface area contributed by atoms with E-state index in [2.05, 4.69) is 10.0 Å². The average Bonchev–Trinajstić information content (AvgIpc) is 2.81. The highest BCUT2D eigenvalue weighted by molar-refractivity contribution is 7.92. The molecule has 0 radical (unpaired) electrons. The van der Waals surface area contributed by atoms with Crippen molar-refractivity contribution in [3.05, 3.63) is 114 Å². The zero-order valence-corrected chi connectivity index (χ0v) is 18.4. The van der Waals surface area contributed by atoms with Gasteiger partial charge < -0.3 is 5.32 Å². The van der Waals surface area contributed by atoms with Crippen LogP contribution >= 0.6 is 11.6 Å². The molecular weight excluding hydrogens is 444 g/mol. The van der Waals surface area contributed by atoms with Gasteiger partial charge in [0.15, 0.2) is 0 Å². The predicted octanol–water partition coefficient (Wildman–Crippen LogP) is 6.06. The fourth-order valence-corrected chi connectivity index (χ4v) is 4.28. The van der Waals surface area contributed by atoms with E-state index in [1.807, 2.05) is 42.5 Å². The van der Waals surface area contributed by atoms with Crippen LogP contribution in [-0.4, -0.2) is 14.3 Å². The van der Waals surface area contributed by atoms with Gasteiger partial charge >= 0.3 is 0 Å². The maximum absolute atomic E-state index is 12.6. The highest BCUT2D eigenvalue weighted by atomic mass is 35.5. The van der Waals surface area contributed by atoms with E-state index < -0.39 is 10.0 Å². The van der Waals surface area contributed by atoms with Crippen LogP contribution in [0.2, 0.25) is 5.02 Å². The van der Waals surface area contributed by atoms with Crippen molar-refractivity contribution in [2.45, 2.75) is 4.90 Å². The number of hydrogen-bond acceptors (Lipinski definition) is 3. The van der Waals surface area contributed by atoms with E-state index in [-0.39, 0.29) is 10.8 Å². The van der Waals surface area contributed by atoms with Gasteiger partial charge in [-0.2, -0.15) is 0 Å². The molecule has 0 bridgehead atoms. The van der Waals surface area contributed by atoms with Crippen LogP contribution in [0.15, 0.2) is 108 Å². The third-order valence-electron chi connectivity index (χ3n) is 4.77. The van der Waals surface area contributed by atoms with Gasteiger partial charge in [0.05, 0.1) is 4.90 Å². The van der Waals surface area contributed by atoms with Crippen LogP contribution < -0.4 is 10.0 Å². The number of nitrogens with one attached hydrogen (secondary N) is 2. The number of anilines is 2. The van der Waals surface area contributed by atoms with E-state index in [0.717, 1.165) is 11.1 Å². The zero-order chi connectivity index (χ0) is 22.6. The number of benzene rings is 4. The summed E-state index contributed by atoms with van der Waals surface area (Å²) >= 11 is 5.83. The smallest absolute Gasteiger partial charge is 0.261 e. The predicted molar refractivity (Wildman–Crippen MR) is 129 cm³/mol. The molecular formula is C25H19ClN2O3S. The molecule has 4 aromatic rings. The molecule has 4 aromatic carbocycles. The van der Waals surface area contributed by atoms with E-state index in [1.165, 1.54) is 12.1 Å². The molecule has 7 heteroatoms. The molecule has 32 heavy (non-hydrogen) atoms. The topological polar surface area (TPSA) is 75.3 Å². The Balaban J connectivity index is 1.43. The molecule has 160 valence electrons. The molecule has 0 aliphatic heterocycles. The van der Waals surface area contributed by atoms with Crippen molar-refractivity contribution >= 4 is 38.9 Å². The lowest BCUT2D eigenvalue weighted by atomic mass is 10.0. The van der Waals surface area contributed by atoms with Gasteiger partial charge in [0.1, 0.15) is 0 Å². The molecule has 0 saturated carbocycles. The van der Waals surface area contributed by atoms with Crippen LogP contribution in [0.1, 0.15) is 10.4 Å². The Kier molecular flexibility index (Phi) is 6.25. The maximum atomic E-state index is 12.6. The summed E-state index contributed by atoms with van der Waals surface area (Å²) in [6, 6.07) is 29.5. The second-order valence-electron chi connectivity index (χ2n) is 7.03. The SMILES string of the molecule is O=C(Nc1ccc(S(=O)(=O)Nc2ccc(Cl)cc2)cc1)c1ccc(-c2ccccc2)cc1. The molecule has 1 amide bonds. The quantitative estimate of drug-likeness (QED) is 0.365. The van der Waals surface area contributed by atoms with Crippen molar-refractivity contribution in [1.29, 1.82) is 0 Å². The number of sulfonamides is 1. The largest absolute Gasteiger partial charge is 0.322 e. The van der Waals surface area contributed by atoms with Crippen molar-refractivity contribution in [2.75, 3.05) is 10.0 Å². The summed E-state index contributed by atoms with van der Waals surface area (Å²) in [5, 5.41) is 3.30. The van der Waals surface area contributed by atoms with Crippen molar-refractivity contribution in [2.24, 2.45) is 0 Å². The van der Waals surface area contributed by atoms with Crippen molar-refractivity contribution in [1.82, 2.24) is 0 Å². The summed E-state index contributed by atoms with van der Waals surface area (Å²) in [6.07, 6.45) is 0. The third kappa shape index (κ3) is 5.17. The standard InChI is InChI=1S/C25H19ClN2O3S/c26-21-10-12-23(13-11-21)28-32(30,31)24-16-14-22(15-17-24)27-25(29)20-8-6-19(7-9-20)18-4-2-1-3-5-18/h1-17,28H,(H,27,29). The van der Waals surface area contributed by atoms with E-state index in [0.29, 0.717) is 22.0 Å². The number of hydrogen-bond donors (Lipinski definition) is 2. The van der Waals surface area contributed by atoms with Crippen LogP contribution in [-0.2, 0) is 10.0 Å². The van der Waals surface area contributed by atoms with Gasteiger partial charge in [0, 0.05) is 22.0 Å². The summed E-state index contributed by atoms with van der Waals surface area (Å²) in [6.45, 7) is 0. The summed E-state index contributed by atoms with van der Waals surface area (Å²) in [7, 11) is -3.76. The van der Waals surface area contributed by atoms with Crippen LogP contribution in [0.3, 0.4) is 0 Å². The normalized spacial score (nSPS) is 11.0. The van der Waals surface area contributed by atoms with Crippen molar-refractivity contribution in [3.63, 3.8) is 0 Å². The zero-order valence-electron chi connectivity index (χ0n) is 16.8. The summed E-state index contributed by atoms with van der Waals surface area (Å²) in [4.78, 5) is 12.6. The fourth-order valence-electron chi connectivity index (χ4n) is 3.10. The van der Waals surface area contributed by atoms with E-state index in [1.54, 1.807) is 48.5 Å². The minimum absolute atomic E-state index is 0.0812. The van der Waals surface area contributed by atoms with Crippen LogP contribution in [0, 0.1) is 0 Å². The van der Waals surface area contributed by atoms with E-state index in [4.69, 9.17) is 11.6 Å². The number of halogens is 1. The van der Waals surface area contributed by atoms with Gasteiger partial charge in [0.2, 0.25) is 0 Å². The molecule has 0 spiro atoms. The van der Waals surface area contributed by atoms with Crippen LogP contribution in [0.4, 0.5) is 11.4 Å². The molecule has 0 aliphatic carbocycles. The summed E-state index contributed by atoms with van der Waals surface area (Å²) < 4.78 is 27.6. The minimum atomic E-state index is -3.76. The molecule has 0 saturated heterocycles. The Morgan fingerprint density at radius 2 is 1.22 bits per heavy atom. The molecule has 0 unspecified atom stereocenters. The van der Waals surface area contributed by atoms with Gasteiger partial charge in [-0.1, -0.05) is 54.1 Å². The highest BCUT2D eigenvalue weighted by Gasteiger charge is 2.15. The first-order valence-corrected chi connectivity index (χ1v) is 11.6. The fraction of sp³-hybridized carbons (Fsp3) is 0. The van der Waals surface area contributed by atoms with E-state index >= 15 is 0 Å². The second kappa shape index (κ2) is 9.26. The molecule has 4 rings (SSSR count). The lowest BCUT2D eigenvalue weighted by Crippen LogP contribution is -2.14. The average molecular weight is 463 g/mol. The monoisotopic (exact) mass is 462 g/mol. The Morgan fingerprint density at radius 3 is 1.84 bits per heavy atom. The third-order valence-corrected chi connectivity index (χ3v) is 6.42. The van der Waals surface area contributed by atoms with Gasteiger partial charge in [-0.05, 0) is 71.8 Å². The first-order chi connectivity index (χ1) is 15.4. The lowest BCUT2D eigenvalue weighted by molar-refractivity contribution is 0.102. The Labute approximate surface area is 191 Å².